The summed E-state index contributed by atoms with van der Waals surface area (Å²) in [6.45, 7) is 2.92. The van der Waals surface area contributed by atoms with Crippen LogP contribution in [-0.2, 0) is 4.74 Å². The van der Waals surface area contributed by atoms with Gasteiger partial charge in [0, 0.05) is 6.54 Å². The fourth-order valence-electron chi connectivity index (χ4n) is 0.322. The van der Waals surface area contributed by atoms with E-state index in [2.05, 4.69) is 0 Å². The van der Waals surface area contributed by atoms with Gasteiger partial charge in [0.25, 0.3) is 0 Å². The Morgan fingerprint density at radius 3 is 2.75 bits per heavy atom. The maximum atomic E-state index is 8.40. The van der Waals surface area contributed by atoms with Crippen LogP contribution in [0.4, 0.5) is 0 Å². The smallest absolute Gasteiger partial charge is 0.0778 e. The van der Waals surface area contributed by atoms with Crippen molar-refractivity contribution in [2.75, 3.05) is 19.8 Å². The average Bonchev–Trinajstić information content (AvgIpc) is 1.83. The van der Waals surface area contributed by atoms with Gasteiger partial charge in [-0.05, 0) is 6.92 Å². The molecule has 0 bridgehead atoms. The van der Waals surface area contributed by atoms with Crippen LogP contribution in [0.25, 0.3) is 0 Å². The molecule has 0 aromatic rings. The van der Waals surface area contributed by atoms with Crippen molar-refractivity contribution in [2.24, 2.45) is 5.73 Å². The molecule has 3 N–H and O–H groups in total. The van der Waals surface area contributed by atoms with Crippen molar-refractivity contribution in [3.8, 4) is 0 Å². The van der Waals surface area contributed by atoms with Crippen molar-refractivity contribution in [1.29, 1.82) is 0 Å². The molecule has 0 aliphatic carbocycles. The number of aliphatic hydroxyl groups is 1. The molecule has 0 saturated carbocycles. The summed E-state index contributed by atoms with van der Waals surface area (Å²) in [6.07, 6.45) is -0.0708. The first-order chi connectivity index (χ1) is 3.81. The minimum Gasteiger partial charge on any atom is -0.394 e. The van der Waals surface area contributed by atoms with E-state index in [-0.39, 0.29) is 12.7 Å². The van der Waals surface area contributed by atoms with Crippen LogP contribution in [-0.4, -0.2) is 31.0 Å². The zero-order valence-electron chi connectivity index (χ0n) is 5.13. The van der Waals surface area contributed by atoms with Crippen LogP contribution in [0.3, 0.4) is 0 Å². The molecule has 0 aliphatic rings. The Morgan fingerprint density at radius 1 is 1.75 bits per heavy atom. The van der Waals surface area contributed by atoms with E-state index in [1.807, 2.05) is 0 Å². The van der Waals surface area contributed by atoms with Gasteiger partial charge in [-0.2, -0.15) is 0 Å². The Bertz CT molecular complexity index is 49.7. The van der Waals surface area contributed by atoms with E-state index in [0.717, 1.165) is 0 Å². The van der Waals surface area contributed by atoms with Gasteiger partial charge < -0.3 is 15.6 Å². The molecule has 0 rings (SSSR count). The summed E-state index contributed by atoms with van der Waals surface area (Å²) in [5.74, 6) is 0. The van der Waals surface area contributed by atoms with E-state index in [4.69, 9.17) is 15.6 Å². The highest BCUT2D eigenvalue weighted by molar-refractivity contribution is 4.43. The van der Waals surface area contributed by atoms with E-state index >= 15 is 0 Å². The number of hydrogen-bond acceptors (Lipinski definition) is 3. The maximum absolute atomic E-state index is 8.40. The lowest BCUT2D eigenvalue weighted by molar-refractivity contribution is 0.0294. The second kappa shape index (κ2) is 5.03. The Balaban J connectivity index is 2.86. The molecule has 3 nitrogen and oxygen atoms in total. The van der Waals surface area contributed by atoms with Crippen LogP contribution in [0.2, 0.25) is 0 Å². The molecular weight excluding hydrogens is 106 g/mol. The lowest BCUT2D eigenvalue weighted by Crippen LogP contribution is -2.18. The number of hydrogen-bond donors (Lipinski definition) is 2. The molecule has 50 valence electrons. The van der Waals surface area contributed by atoms with E-state index in [9.17, 15) is 0 Å². The molecule has 1 unspecified atom stereocenters. The van der Waals surface area contributed by atoms with E-state index in [0.29, 0.717) is 13.2 Å². The quantitative estimate of drug-likeness (QED) is 0.516. The fourth-order valence-corrected chi connectivity index (χ4v) is 0.322. The van der Waals surface area contributed by atoms with Gasteiger partial charge in [-0.1, -0.05) is 0 Å². The number of aliphatic hydroxyl groups excluding tert-OH is 1. The molecule has 8 heavy (non-hydrogen) atoms. The van der Waals surface area contributed by atoms with Gasteiger partial charge in [-0.15, -0.1) is 0 Å². The van der Waals surface area contributed by atoms with Crippen molar-refractivity contribution >= 4 is 0 Å². The number of ether oxygens (including phenoxy) is 1. The predicted molar refractivity (Wildman–Crippen MR) is 31.6 cm³/mol. The average molecular weight is 119 g/mol. The predicted octanol–water partition coefficient (Wildman–Crippen LogP) is -0.657. The molecule has 0 aliphatic heterocycles. The standard InChI is InChI=1S/C5H13NO2/c1-5(4-7)8-3-2-6/h5,7H,2-4,6H2,1H3. The Kier molecular flexibility index (Phi) is 4.95. The third-order valence-electron chi connectivity index (χ3n) is 0.777. The maximum Gasteiger partial charge on any atom is 0.0778 e. The van der Waals surface area contributed by atoms with Gasteiger partial charge in [0.05, 0.1) is 19.3 Å². The Labute approximate surface area is 49.4 Å². The lowest BCUT2D eigenvalue weighted by Gasteiger charge is -2.06. The summed E-state index contributed by atoms with van der Waals surface area (Å²) < 4.78 is 4.97. The highest BCUT2D eigenvalue weighted by atomic mass is 16.5. The van der Waals surface area contributed by atoms with Crippen LogP contribution in [0.15, 0.2) is 0 Å². The molecule has 0 radical (unpaired) electrons. The first-order valence-corrected chi connectivity index (χ1v) is 2.73. The SMILES string of the molecule is CC(CO)OCCN. The first kappa shape index (κ1) is 7.88. The largest absolute Gasteiger partial charge is 0.394 e. The summed E-state index contributed by atoms with van der Waals surface area (Å²) in [6, 6.07) is 0. The second-order valence-electron chi connectivity index (χ2n) is 1.65. The zero-order valence-corrected chi connectivity index (χ0v) is 5.13. The summed E-state index contributed by atoms with van der Waals surface area (Å²) in [7, 11) is 0. The first-order valence-electron chi connectivity index (χ1n) is 2.73. The van der Waals surface area contributed by atoms with Gasteiger partial charge in [-0.3, -0.25) is 0 Å². The molecule has 1 atom stereocenters. The molecule has 0 spiro atoms. The van der Waals surface area contributed by atoms with Crippen LogP contribution in [0.5, 0.6) is 0 Å². The Morgan fingerprint density at radius 2 is 2.38 bits per heavy atom. The summed E-state index contributed by atoms with van der Waals surface area (Å²) in [5.41, 5.74) is 5.12. The van der Waals surface area contributed by atoms with Crippen molar-refractivity contribution < 1.29 is 9.84 Å². The number of rotatable bonds is 4. The van der Waals surface area contributed by atoms with E-state index < -0.39 is 0 Å². The van der Waals surface area contributed by atoms with Gasteiger partial charge in [0.2, 0.25) is 0 Å². The number of nitrogens with two attached hydrogens (primary N) is 1. The summed E-state index contributed by atoms with van der Waals surface area (Å²) >= 11 is 0. The van der Waals surface area contributed by atoms with Crippen LogP contribution in [0, 0.1) is 0 Å². The van der Waals surface area contributed by atoms with Crippen molar-refractivity contribution in [1.82, 2.24) is 0 Å². The minimum absolute atomic E-state index is 0.0694. The molecule has 0 aromatic carbocycles. The normalized spacial score (nSPS) is 13.9. The van der Waals surface area contributed by atoms with Gasteiger partial charge in [0.1, 0.15) is 0 Å². The van der Waals surface area contributed by atoms with E-state index in [1.165, 1.54) is 0 Å². The molecule has 0 heterocycles. The van der Waals surface area contributed by atoms with Crippen molar-refractivity contribution in [3.63, 3.8) is 0 Å². The highest BCUT2D eigenvalue weighted by Gasteiger charge is 1.95. The third kappa shape index (κ3) is 4.05. The monoisotopic (exact) mass is 119 g/mol. The topological polar surface area (TPSA) is 55.5 Å². The molecule has 0 aromatic heterocycles. The van der Waals surface area contributed by atoms with Crippen molar-refractivity contribution in [3.05, 3.63) is 0 Å². The summed E-state index contributed by atoms with van der Waals surface area (Å²) in [5, 5.41) is 8.40. The molecule has 0 saturated heterocycles. The fraction of sp³-hybridized carbons (Fsp3) is 1.00. The second-order valence-corrected chi connectivity index (χ2v) is 1.65. The third-order valence-corrected chi connectivity index (χ3v) is 0.777. The molecule has 0 amide bonds. The summed E-state index contributed by atoms with van der Waals surface area (Å²) in [4.78, 5) is 0. The zero-order chi connectivity index (χ0) is 6.41. The van der Waals surface area contributed by atoms with Crippen LogP contribution >= 0.6 is 0 Å². The van der Waals surface area contributed by atoms with E-state index in [1.54, 1.807) is 6.92 Å². The van der Waals surface area contributed by atoms with Crippen LogP contribution in [0.1, 0.15) is 6.92 Å². The van der Waals surface area contributed by atoms with Gasteiger partial charge in [0.15, 0.2) is 0 Å². The molecule has 3 heteroatoms. The van der Waals surface area contributed by atoms with Gasteiger partial charge >= 0.3 is 0 Å². The lowest BCUT2D eigenvalue weighted by atomic mass is 10.4. The van der Waals surface area contributed by atoms with Crippen LogP contribution < -0.4 is 5.73 Å². The minimum atomic E-state index is -0.0708. The molecular formula is C5H13NO2. The van der Waals surface area contributed by atoms with Gasteiger partial charge in [-0.25, -0.2) is 0 Å². The van der Waals surface area contributed by atoms with Crippen molar-refractivity contribution in [2.45, 2.75) is 13.0 Å². The highest BCUT2D eigenvalue weighted by Crippen LogP contribution is 1.84. The molecule has 0 fully saturated rings. The Hall–Kier alpha value is -0.120.